The van der Waals surface area contributed by atoms with Crippen LogP contribution in [0.3, 0.4) is 0 Å². The average molecular weight is 520 g/mol. The van der Waals surface area contributed by atoms with Crippen molar-refractivity contribution in [2.45, 2.75) is 71.4 Å². The van der Waals surface area contributed by atoms with E-state index in [9.17, 15) is 19.2 Å². The summed E-state index contributed by atoms with van der Waals surface area (Å²) in [6, 6.07) is 10.2. The lowest BCUT2D eigenvalue weighted by Crippen LogP contribution is -2.51. The molecule has 1 N–H and O–H groups in total. The van der Waals surface area contributed by atoms with Crippen molar-refractivity contribution < 1.29 is 28.6 Å². The lowest BCUT2D eigenvalue weighted by Gasteiger charge is -2.36. The van der Waals surface area contributed by atoms with Crippen molar-refractivity contribution in [1.82, 2.24) is 14.9 Å². The van der Waals surface area contributed by atoms with E-state index in [1.807, 2.05) is 30.3 Å². The number of esters is 2. The molecule has 2 aromatic heterocycles. The zero-order valence-corrected chi connectivity index (χ0v) is 21.9. The first kappa shape index (κ1) is 25.4. The van der Waals surface area contributed by atoms with E-state index in [1.165, 1.54) is 6.92 Å². The van der Waals surface area contributed by atoms with Crippen LogP contribution < -0.4 is 10.9 Å². The Morgan fingerprint density at radius 2 is 1.95 bits per heavy atom. The maximum Gasteiger partial charge on any atom is 0.408 e. The Morgan fingerprint density at radius 3 is 2.66 bits per heavy atom. The second kappa shape index (κ2) is 8.97. The van der Waals surface area contributed by atoms with E-state index in [0.717, 1.165) is 16.5 Å². The van der Waals surface area contributed by atoms with Gasteiger partial charge in [-0.3, -0.25) is 4.79 Å². The number of carbonyl (C=O) groups excluding carboxylic acids is 3. The lowest BCUT2D eigenvalue weighted by atomic mass is 9.85. The normalized spacial score (nSPS) is 18.6. The Kier molecular flexibility index (Phi) is 6.00. The van der Waals surface area contributed by atoms with Gasteiger partial charge in [-0.15, -0.1) is 0 Å². The number of aromatic nitrogens is 2. The molecule has 0 aliphatic carbocycles. The van der Waals surface area contributed by atoms with Gasteiger partial charge in [-0.1, -0.05) is 25.1 Å². The number of rotatable bonds is 4. The molecule has 2 aliphatic heterocycles. The molecule has 0 saturated heterocycles. The summed E-state index contributed by atoms with van der Waals surface area (Å²) in [5, 5.41) is 3.38. The molecular weight excluding hydrogens is 490 g/mol. The first-order chi connectivity index (χ1) is 17.9. The second-order valence-electron chi connectivity index (χ2n) is 10.5. The highest BCUT2D eigenvalue weighted by Crippen LogP contribution is 2.41. The lowest BCUT2D eigenvalue weighted by molar-refractivity contribution is -0.190. The number of alkyl carbamates (subject to hydrolysis) is 1. The minimum Gasteiger partial charge on any atom is -0.457 e. The van der Waals surface area contributed by atoms with Crippen LogP contribution in [0.2, 0.25) is 0 Å². The van der Waals surface area contributed by atoms with Crippen molar-refractivity contribution >= 4 is 28.9 Å². The van der Waals surface area contributed by atoms with Crippen LogP contribution in [0.25, 0.3) is 22.3 Å². The summed E-state index contributed by atoms with van der Waals surface area (Å²) in [6.07, 6.45) is -0.782. The summed E-state index contributed by atoms with van der Waals surface area (Å²) < 4.78 is 18.0. The van der Waals surface area contributed by atoms with E-state index in [0.29, 0.717) is 17.9 Å². The van der Waals surface area contributed by atoms with Crippen molar-refractivity contribution in [2.24, 2.45) is 0 Å². The standard InChI is InChI=1S/C28H29N3O7/c1-6-28(37-24(33)15(2)29-26(35)38-27(3,4)5)19-12-21-22-17(11-16-9-7-8-10-20(16)30-22)13-31(21)23(32)18(19)14-36-25(28)34/h7-12,15H,6,13-14H2,1-5H3,(H,29,35)/t15?,28-/m0/s1. The molecule has 10 heteroatoms. The molecule has 1 amide bonds. The first-order valence-electron chi connectivity index (χ1n) is 12.5. The Morgan fingerprint density at radius 1 is 1.21 bits per heavy atom. The molecule has 3 aromatic rings. The first-order valence-corrected chi connectivity index (χ1v) is 12.5. The van der Waals surface area contributed by atoms with Crippen LogP contribution in [0.1, 0.15) is 57.7 Å². The maximum absolute atomic E-state index is 13.6. The Bertz CT molecular complexity index is 1550. The number of cyclic esters (lactones) is 1. The third-order valence-corrected chi connectivity index (χ3v) is 6.75. The molecule has 10 nitrogen and oxygen atoms in total. The third kappa shape index (κ3) is 4.19. The van der Waals surface area contributed by atoms with Gasteiger partial charge in [0.2, 0.25) is 5.60 Å². The van der Waals surface area contributed by atoms with Crippen molar-refractivity contribution in [3.05, 3.63) is 63.4 Å². The van der Waals surface area contributed by atoms with Crippen LogP contribution in [-0.2, 0) is 42.6 Å². The zero-order valence-electron chi connectivity index (χ0n) is 21.9. The van der Waals surface area contributed by atoms with Gasteiger partial charge in [0.05, 0.1) is 29.0 Å². The van der Waals surface area contributed by atoms with E-state index >= 15 is 0 Å². The summed E-state index contributed by atoms with van der Waals surface area (Å²) >= 11 is 0. The number of fused-ring (bicyclic) bond motifs is 5. The number of ether oxygens (including phenoxy) is 3. The molecule has 0 fully saturated rings. The third-order valence-electron chi connectivity index (χ3n) is 6.75. The number of para-hydroxylation sites is 1. The van der Waals surface area contributed by atoms with Crippen LogP contribution >= 0.6 is 0 Å². The SMILES string of the molecule is CC[C@@]1(OC(=O)C(C)NC(=O)OC(C)(C)C)C(=O)OCc2c1cc1n(c2=O)Cc2cc3ccccc3nc2-1. The number of hydrogen-bond acceptors (Lipinski definition) is 8. The molecule has 1 unspecified atom stereocenters. The smallest absolute Gasteiger partial charge is 0.408 e. The van der Waals surface area contributed by atoms with E-state index < -0.39 is 35.3 Å². The van der Waals surface area contributed by atoms with Crippen molar-refractivity contribution in [2.75, 3.05) is 0 Å². The van der Waals surface area contributed by atoms with Gasteiger partial charge < -0.3 is 24.1 Å². The van der Waals surface area contributed by atoms with Crippen LogP contribution in [0, 0.1) is 0 Å². The summed E-state index contributed by atoms with van der Waals surface area (Å²) in [5.74, 6) is -1.65. The van der Waals surface area contributed by atoms with Gasteiger partial charge in [-0.25, -0.2) is 19.4 Å². The van der Waals surface area contributed by atoms with Gasteiger partial charge in [0.15, 0.2) is 0 Å². The average Bonchev–Trinajstić information content (AvgIpc) is 3.21. The molecule has 0 bridgehead atoms. The zero-order chi connectivity index (χ0) is 27.4. The molecule has 38 heavy (non-hydrogen) atoms. The molecule has 4 heterocycles. The Hall–Kier alpha value is -4.21. The number of nitrogens with one attached hydrogen (secondary N) is 1. The number of amides is 1. The van der Waals surface area contributed by atoms with Gasteiger partial charge in [0, 0.05) is 16.5 Å². The Labute approximate surface area is 218 Å². The molecule has 198 valence electrons. The maximum atomic E-state index is 13.6. The minimum absolute atomic E-state index is 0.0185. The number of hydrogen-bond donors (Lipinski definition) is 1. The van der Waals surface area contributed by atoms with Crippen LogP contribution in [0.5, 0.6) is 0 Å². The van der Waals surface area contributed by atoms with Gasteiger partial charge >= 0.3 is 18.0 Å². The highest BCUT2D eigenvalue weighted by molar-refractivity contribution is 5.90. The van der Waals surface area contributed by atoms with Crippen molar-refractivity contribution in [3.8, 4) is 11.4 Å². The summed E-state index contributed by atoms with van der Waals surface area (Å²) in [6.45, 7) is 8.28. The summed E-state index contributed by atoms with van der Waals surface area (Å²) in [7, 11) is 0. The van der Waals surface area contributed by atoms with Crippen LogP contribution in [0.4, 0.5) is 4.79 Å². The molecule has 0 spiro atoms. The molecule has 2 atom stereocenters. The summed E-state index contributed by atoms with van der Waals surface area (Å²) in [4.78, 5) is 56.8. The molecule has 0 radical (unpaired) electrons. The Balaban J connectivity index is 1.54. The highest BCUT2D eigenvalue weighted by Gasteiger charge is 2.51. The van der Waals surface area contributed by atoms with Crippen LogP contribution in [0.15, 0.2) is 41.2 Å². The second-order valence-corrected chi connectivity index (χ2v) is 10.5. The van der Waals surface area contributed by atoms with E-state index in [1.54, 1.807) is 38.3 Å². The number of nitrogens with zero attached hydrogens (tertiary/aromatic N) is 2. The summed E-state index contributed by atoms with van der Waals surface area (Å²) in [5.41, 5.74) is 0.397. The topological polar surface area (TPSA) is 126 Å². The van der Waals surface area contributed by atoms with Gasteiger partial charge in [0.25, 0.3) is 5.56 Å². The van der Waals surface area contributed by atoms with Gasteiger partial charge in [0.1, 0.15) is 18.2 Å². The van der Waals surface area contributed by atoms with E-state index in [2.05, 4.69) is 5.32 Å². The predicted octanol–water partition coefficient (Wildman–Crippen LogP) is 3.54. The number of benzene rings is 1. The van der Waals surface area contributed by atoms with E-state index in [4.69, 9.17) is 19.2 Å². The van der Waals surface area contributed by atoms with Crippen LogP contribution in [-0.4, -0.2) is 39.2 Å². The monoisotopic (exact) mass is 519 g/mol. The molecule has 0 saturated carbocycles. The van der Waals surface area contributed by atoms with Crippen molar-refractivity contribution in [1.29, 1.82) is 0 Å². The predicted molar refractivity (Wildman–Crippen MR) is 137 cm³/mol. The molecular formula is C28H29N3O7. The number of pyridine rings is 2. The minimum atomic E-state index is -1.86. The fourth-order valence-electron chi connectivity index (χ4n) is 4.89. The molecule has 1 aromatic carbocycles. The van der Waals surface area contributed by atoms with Gasteiger partial charge in [-0.2, -0.15) is 0 Å². The quantitative estimate of drug-likeness (QED) is 0.321. The van der Waals surface area contributed by atoms with E-state index in [-0.39, 0.29) is 29.7 Å². The largest absolute Gasteiger partial charge is 0.457 e. The van der Waals surface area contributed by atoms with Crippen molar-refractivity contribution in [3.63, 3.8) is 0 Å². The fraction of sp³-hybridized carbons (Fsp3) is 0.393. The number of carbonyl (C=O) groups is 3. The van der Waals surface area contributed by atoms with Gasteiger partial charge in [-0.05, 0) is 52.3 Å². The fourth-order valence-corrected chi connectivity index (χ4v) is 4.89. The molecule has 2 aliphatic rings. The molecule has 5 rings (SSSR count). The highest BCUT2D eigenvalue weighted by atomic mass is 16.6.